The van der Waals surface area contributed by atoms with Gasteiger partial charge in [0, 0.05) is 11.3 Å². The second kappa shape index (κ2) is 4.84. The maximum atomic E-state index is 14.0. The van der Waals surface area contributed by atoms with E-state index in [1.165, 1.54) is 6.07 Å². The number of ketones is 1. The van der Waals surface area contributed by atoms with Gasteiger partial charge in [-0.15, -0.1) is 0 Å². The maximum Gasteiger partial charge on any atom is 0.198 e. The van der Waals surface area contributed by atoms with E-state index < -0.39 is 5.82 Å². The summed E-state index contributed by atoms with van der Waals surface area (Å²) >= 11 is 0. The van der Waals surface area contributed by atoms with E-state index in [0.29, 0.717) is 16.8 Å². The Morgan fingerprint density at radius 2 is 1.74 bits per heavy atom. The number of halogens is 1. The van der Waals surface area contributed by atoms with Crippen LogP contribution < -0.4 is 5.73 Å². The highest BCUT2D eigenvalue weighted by molar-refractivity contribution is 6.13. The molecule has 0 aliphatic rings. The van der Waals surface area contributed by atoms with Crippen molar-refractivity contribution in [2.24, 2.45) is 0 Å². The highest BCUT2D eigenvalue weighted by Crippen LogP contribution is 2.23. The average Bonchev–Trinajstić information content (AvgIpc) is 2.30. The average molecular weight is 257 g/mol. The summed E-state index contributed by atoms with van der Waals surface area (Å²) in [6.07, 6.45) is 0. The normalized spacial score (nSPS) is 10.5. The number of nitrogen functional groups attached to an aromatic ring is 1. The van der Waals surface area contributed by atoms with Gasteiger partial charge in [0.2, 0.25) is 0 Å². The van der Waals surface area contributed by atoms with Gasteiger partial charge in [0.25, 0.3) is 0 Å². The quantitative estimate of drug-likeness (QED) is 0.660. The third-order valence-corrected chi connectivity index (χ3v) is 3.11. The lowest BCUT2D eigenvalue weighted by Gasteiger charge is -2.10. The molecule has 0 radical (unpaired) electrons. The zero-order valence-electron chi connectivity index (χ0n) is 11.3. The zero-order valence-corrected chi connectivity index (χ0v) is 11.3. The second-order valence-corrected chi connectivity index (χ2v) is 4.86. The largest absolute Gasteiger partial charge is 0.398 e. The molecule has 0 amide bonds. The molecule has 0 aromatic heterocycles. The van der Waals surface area contributed by atoms with E-state index in [0.717, 1.165) is 11.1 Å². The van der Waals surface area contributed by atoms with Crippen LogP contribution >= 0.6 is 0 Å². The van der Waals surface area contributed by atoms with Gasteiger partial charge in [0.15, 0.2) is 5.78 Å². The number of carbonyl (C=O) groups is 1. The highest BCUT2D eigenvalue weighted by atomic mass is 19.1. The van der Waals surface area contributed by atoms with E-state index in [1.54, 1.807) is 32.0 Å². The molecule has 3 heteroatoms. The number of benzene rings is 2. The van der Waals surface area contributed by atoms with E-state index in [-0.39, 0.29) is 11.3 Å². The van der Waals surface area contributed by atoms with Crippen LogP contribution in [0.4, 0.5) is 10.1 Å². The summed E-state index contributed by atoms with van der Waals surface area (Å²) in [7, 11) is 0. The van der Waals surface area contributed by atoms with Gasteiger partial charge in [-0.1, -0.05) is 17.7 Å². The molecule has 2 rings (SSSR count). The summed E-state index contributed by atoms with van der Waals surface area (Å²) in [5.41, 5.74) is 8.98. The standard InChI is InChI=1S/C16H16FNO/c1-9-4-5-14(18)12(7-9)16(19)15-11(3)6-10(2)8-13(15)17/h4-8H,18H2,1-3H3. The van der Waals surface area contributed by atoms with E-state index >= 15 is 0 Å². The molecule has 0 bridgehead atoms. The summed E-state index contributed by atoms with van der Waals surface area (Å²) in [6, 6.07) is 8.35. The van der Waals surface area contributed by atoms with Crippen molar-refractivity contribution in [3.8, 4) is 0 Å². The predicted octanol–water partition coefficient (Wildman–Crippen LogP) is 3.56. The number of hydrogen-bond acceptors (Lipinski definition) is 2. The van der Waals surface area contributed by atoms with Crippen LogP contribution in [0.2, 0.25) is 0 Å². The Balaban J connectivity index is 2.59. The van der Waals surface area contributed by atoms with Crippen molar-refractivity contribution in [2.45, 2.75) is 20.8 Å². The summed E-state index contributed by atoms with van der Waals surface area (Å²) in [5, 5.41) is 0. The predicted molar refractivity (Wildman–Crippen MR) is 74.9 cm³/mol. The molecule has 2 aromatic carbocycles. The van der Waals surface area contributed by atoms with Gasteiger partial charge in [0.1, 0.15) is 5.82 Å². The number of hydrogen-bond donors (Lipinski definition) is 1. The van der Waals surface area contributed by atoms with Gasteiger partial charge in [-0.25, -0.2) is 4.39 Å². The minimum atomic E-state index is -0.497. The van der Waals surface area contributed by atoms with Crippen molar-refractivity contribution < 1.29 is 9.18 Å². The second-order valence-electron chi connectivity index (χ2n) is 4.86. The number of aryl methyl sites for hydroxylation is 3. The van der Waals surface area contributed by atoms with Gasteiger partial charge >= 0.3 is 0 Å². The van der Waals surface area contributed by atoms with E-state index in [4.69, 9.17) is 5.73 Å². The smallest absolute Gasteiger partial charge is 0.198 e. The van der Waals surface area contributed by atoms with Gasteiger partial charge in [0.05, 0.1) is 5.56 Å². The lowest BCUT2D eigenvalue weighted by molar-refractivity contribution is 0.103. The minimum absolute atomic E-state index is 0.0999. The number of rotatable bonds is 2. The zero-order chi connectivity index (χ0) is 14.2. The molecule has 0 aliphatic heterocycles. The van der Waals surface area contributed by atoms with Crippen molar-refractivity contribution in [1.82, 2.24) is 0 Å². The molecule has 2 nitrogen and oxygen atoms in total. The van der Waals surface area contributed by atoms with Crippen LogP contribution in [0.3, 0.4) is 0 Å². The van der Waals surface area contributed by atoms with Crippen molar-refractivity contribution >= 4 is 11.5 Å². The number of anilines is 1. The van der Waals surface area contributed by atoms with Gasteiger partial charge < -0.3 is 5.73 Å². The first-order valence-electron chi connectivity index (χ1n) is 6.07. The minimum Gasteiger partial charge on any atom is -0.398 e. The van der Waals surface area contributed by atoms with Crippen LogP contribution in [0.15, 0.2) is 30.3 Å². The Morgan fingerprint density at radius 3 is 2.37 bits per heavy atom. The Bertz CT molecular complexity index is 639. The Labute approximate surface area is 112 Å². The molecule has 19 heavy (non-hydrogen) atoms. The molecule has 2 aromatic rings. The molecular formula is C16H16FNO. The first-order valence-corrected chi connectivity index (χ1v) is 6.07. The third kappa shape index (κ3) is 2.50. The fourth-order valence-corrected chi connectivity index (χ4v) is 2.20. The van der Waals surface area contributed by atoms with Crippen LogP contribution in [0.25, 0.3) is 0 Å². The van der Waals surface area contributed by atoms with Crippen LogP contribution in [0.1, 0.15) is 32.6 Å². The Hall–Kier alpha value is -2.16. The molecule has 2 N–H and O–H groups in total. The van der Waals surface area contributed by atoms with Crippen LogP contribution in [-0.4, -0.2) is 5.78 Å². The van der Waals surface area contributed by atoms with Gasteiger partial charge in [-0.2, -0.15) is 0 Å². The summed E-state index contributed by atoms with van der Waals surface area (Å²) in [6.45, 7) is 5.40. The lowest BCUT2D eigenvalue weighted by atomic mass is 9.95. The van der Waals surface area contributed by atoms with Gasteiger partial charge in [-0.05, 0) is 50.1 Å². The van der Waals surface area contributed by atoms with Crippen molar-refractivity contribution in [3.05, 3.63) is 64.0 Å². The summed E-state index contributed by atoms with van der Waals surface area (Å²) in [4.78, 5) is 12.5. The Kier molecular flexibility index (Phi) is 3.38. The van der Waals surface area contributed by atoms with Crippen molar-refractivity contribution in [2.75, 3.05) is 5.73 Å². The Morgan fingerprint density at radius 1 is 1.05 bits per heavy atom. The molecule has 0 fully saturated rings. The molecule has 0 saturated carbocycles. The number of nitrogens with two attached hydrogens (primary N) is 1. The van der Waals surface area contributed by atoms with Crippen LogP contribution in [0.5, 0.6) is 0 Å². The van der Waals surface area contributed by atoms with Crippen LogP contribution in [0, 0.1) is 26.6 Å². The van der Waals surface area contributed by atoms with Crippen molar-refractivity contribution in [1.29, 1.82) is 0 Å². The molecule has 0 aliphatic carbocycles. The molecular weight excluding hydrogens is 241 g/mol. The lowest BCUT2D eigenvalue weighted by Crippen LogP contribution is -2.10. The van der Waals surface area contributed by atoms with Gasteiger partial charge in [-0.3, -0.25) is 4.79 Å². The van der Waals surface area contributed by atoms with Crippen LogP contribution in [-0.2, 0) is 0 Å². The van der Waals surface area contributed by atoms with E-state index in [1.807, 2.05) is 13.0 Å². The van der Waals surface area contributed by atoms with Crippen molar-refractivity contribution in [3.63, 3.8) is 0 Å². The molecule has 0 spiro atoms. The summed E-state index contributed by atoms with van der Waals surface area (Å²) < 4.78 is 14.0. The summed E-state index contributed by atoms with van der Waals surface area (Å²) in [5.74, 6) is -0.861. The fraction of sp³-hybridized carbons (Fsp3) is 0.188. The monoisotopic (exact) mass is 257 g/mol. The number of carbonyl (C=O) groups excluding carboxylic acids is 1. The molecule has 0 heterocycles. The first-order chi connectivity index (χ1) is 8.90. The molecule has 98 valence electrons. The van der Waals surface area contributed by atoms with E-state index in [9.17, 15) is 9.18 Å². The topological polar surface area (TPSA) is 43.1 Å². The molecule has 0 unspecified atom stereocenters. The fourth-order valence-electron chi connectivity index (χ4n) is 2.20. The maximum absolute atomic E-state index is 14.0. The molecule has 0 atom stereocenters. The SMILES string of the molecule is Cc1cc(C)c(C(=O)c2cc(C)ccc2N)c(F)c1. The van der Waals surface area contributed by atoms with E-state index in [2.05, 4.69) is 0 Å². The first kappa shape index (κ1) is 13.3. The third-order valence-electron chi connectivity index (χ3n) is 3.11. The molecule has 0 saturated heterocycles. The highest BCUT2D eigenvalue weighted by Gasteiger charge is 2.19.